The van der Waals surface area contributed by atoms with Crippen molar-refractivity contribution >= 4 is 17.6 Å². The van der Waals surface area contributed by atoms with Crippen molar-refractivity contribution in [2.45, 2.75) is 13.3 Å². The maximum absolute atomic E-state index is 11.4. The number of aryl methyl sites for hydroxylation is 1. The summed E-state index contributed by atoms with van der Waals surface area (Å²) >= 11 is 5.70. The van der Waals surface area contributed by atoms with E-state index in [2.05, 4.69) is 4.74 Å². The first-order chi connectivity index (χ1) is 6.61. The van der Waals surface area contributed by atoms with Gasteiger partial charge in [-0.15, -0.1) is 0 Å². The molecule has 0 bridgehead atoms. The van der Waals surface area contributed by atoms with Gasteiger partial charge in [0, 0.05) is 12.5 Å². The standard InChI is InChI=1S/C9H10ClNO3/c1-3-6-4-5-7(9(12)14-2)8(10)11(6)13/h4-5H,3H2,1-2H3. The Kier molecular flexibility index (Phi) is 3.30. The van der Waals surface area contributed by atoms with Gasteiger partial charge < -0.3 is 9.94 Å². The summed E-state index contributed by atoms with van der Waals surface area (Å²) in [4.78, 5) is 11.1. The van der Waals surface area contributed by atoms with E-state index in [-0.39, 0.29) is 10.7 Å². The zero-order valence-corrected chi connectivity index (χ0v) is 8.67. The van der Waals surface area contributed by atoms with Gasteiger partial charge in [0.1, 0.15) is 5.56 Å². The predicted octanol–water partition coefficient (Wildman–Crippen LogP) is 1.32. The minimum absolute atomic E-state index is 0.0846. The Labute approximate surface area is 86.6 Å². The van der Waals surface area contributed by atoms with Gasteiger partial charge in [0.15, 0.2) is 5.69 Å². The van der Waals surface area contributed by atoms with Crippen molar-refractivity contribution in [2.24, 2.45) is 0 Å². The van der Waals surface area contributed by atoms with Gasteiger partial charge in [-0.25, -0.2) is 4.79 Å². The lowest BCUT2D eigenvalue weighted by atomic mass is 10.2. The normalized spacial score (nSPS) is 9.93. The molecule has 1 rings (SSSR count). The summed E-state index contributed by atoms with van der Waals surface area (Å²) in [6.45, 7) is 1.83. The fourth-order valence-electron chi connectivity index (χ4n) is 1.08. The van der Waals surface area contributed by atoms with E-state index < -0.39 is 5.97 Å². The molecule has 4 nitrogen and oxygen atoms in total. The summed E-state index contributed by atoms with van der Waals surface area (Å²) in [6, 6.07) is 3.05. The molecule has 0 amide bonds. The number of hydrogen-bond acceptors (Lipinski definition) is 3. The predicted molar refractivity (Wildman–Crippen MR) is 51.1 cm³/mol. The number of pyridine rings is 1. The molecule has 0 N–H and O–H groups in total. The van der Waals surface area contributed by atoms with Crippen LogP contribution in [0.15, 0.2) is 12.1 Å². The molecule has 0 unspecified atom stereocenters. The summed E-state index contributed by atoms with van der Waals surface area (Å²) in [5, 5.41) is 11.3. The van der Waals surface area contributed by atoms with Crippen LogP contribution in [0.4, 0.5) is 0 Å². The van der Waals surface area contributed by atoms with Crippen molar-refractivity contribution in [3.63, 3.8) is 0 Å². The Morgan fingerprint density at radius 2 is 2.29 bits per heavy atom. The molecule has 0 aliphatic carbocycles. The number of methoxy groups -OCH3 is 1. The van der Waals surface area contributed by atoms with Gasteiger partial charge in [-0.2, -0.15) is 4.73 Å². The van der Waals surface area contributed by atoms with Crippen LogP contribution in [-0.4, -0.2) is 13.1 Å². The molecule has 0 aliphatic heterocycles. The lowest BCUT2D eigenvalue weighted by Gasteiger charge is -2.06. The first-order valence-corrected chi connectivity index (χ1v) is 4.48. The number of carbonyl (C=O) groups is 1. The molecule has 0 fully saturated rings. The van der Waals surface area contributed by atoms with Crippen LogP contribution in [0, 0.1) is 5.21 Å². The molecule has 0 aliphatic rings. The molecule has 76 valence electrons. The van der Waals surface area contributed by atoms with Gasteiger partial charge in [-0.1, -0.05) is 6.92 Å². The molecule has 5 heteroatoms. The second-order valence-electron chi connectivity index (χ2n) is 2.67. The van der Waals surface area contributed by atoms with Gasteiger partial charge in [0.2, 0.25) is 0 Å². The monoisotopic (exact) mass is 215 g/mol. The van der Waals surface area contributed by atoms with E-state index in [0.29, 0.717) is 16.8 Å². The largest absolute Gasteiger partial charge is 0.617 e. The molecular weight excluding hydrogens is 206 g/mol. The van der Waals surface area contributed by atoms with Crippen LogP contribution in [0.3, 0.4) is 0 Å². The Bertz CT molecular complexity index is 365. The molecule has 0 saturated heterocycles. The molecule has 1 aromatic rings. The number of hydrogen-bond donors (Lipinski definition) is 0. The fourth-order valence-corrected chi connectivity index (χ4v) is 1.32. The van der Waals surface area contributed by atoms with Crippen LogP contribution in [0.5, 0.6) is 0 Å². The van der Waals surface area contributed by atoms with Crippen molar-refractivity contribution in [3.8, 4) is 0 Å². The Morgan fingerprint density at radius 1 is 1.64 bits per heavy atom. The zero-order valence-electron chi connectivity index (χ0n) is 7.91. The van der Waals surface area contributed by atoms with Crippen LogP contribution in [0.2, 0.25) is 5.15 Å². The molecule has 1 heterocycles. The van der Waals surface area contributed by atoms with E-state index >= 15 is 0 Å². The molecule has 0 spiro atoms. The first kappa shape index (κ1) is 10.8. The first-order valence-electron chi connectivity index (χ1n) is 4.11. The van der Waals surface area contributed by atoms with Gasteiger partial charge in [0.05, 0.1) is 7.11 Å². The minimum Gasteiger partial charge on any atom is -0.617 e. The third-order valence-electron chi connectivity index (χ3n) is 1.87. The number of ether oxygens (including phenoxy) is 1. The van der Waals surface area contributed by atoms with E-state index in [4.69, 9.17) is 11.6 Å². The third-order valence-corrected chi connectivity index (χ3v) is 2.23. The van der Waals surface area contributed by atoms with Crippen molar-refractivity contribution in [1.29, 1.82) is 0 Å². The highest BCUT2D eigenvalue weighted by Gasteiger charge is 2.19. The lowest BCUT2D eigenvalue weighted by Crippen LogP contribution is -2.34. The number of aromatic nitrogens is 1. The Hall–Kier alpha value is -1.29. The quantitative estimate of drug-likeness (QED) is 0.324. The smallest absolute Gasteiger partial charge is 0.345 e. The van der Waals surface area contributed by atoms with Gasteiger partial charge >= 0.3 is 11.1 Å². The highest BCUT2D eigenvalue weighted by molar-refractivity contribution is 6.31. The molecule has 1 aromatic heterocycles. The van der Waals surface area contributed by atoms with Gasteiger partial charge in [0.25, 0.3) is 0 Å². The summed E-state index contributed by atoms with van der Waals surface area (Å²) < 4.78 is 5.01. The summed E-state index contributed by atoms with van der Waals surface area (Å²) in [7, 11) is 1.24. The van der Waals surface area contributed by atoms with E-state index in [9.17, 15) is 10.0 Å². The molecule has 0 atom stereocenters. The highest BCUT2D eigenvalue weighted by Crippen LogP contribution is 2.13. The minimum atomic E-state index is -0.609. The number of rotatable bonds is 2. The van der Waals surface area contributed by atoms with Crippen molar-refractivity contribution in [2.75, 3.05) is 7.11 Å². The molecule has 14 heavy (non-hydrogen) atoms. The molecular formula is C9H10ClNO3. The van der Waals surface area contributed by atoms with Crippen LogP contribution < -0.4 is 4.73 Å². The van der Waals surface area contributed by atoms with Gasteiger partial charge in [-0.3, -0.25) is 0 Å². The van der Waals surface area contributed by atoms with Crippen LogP contribution in [0.25, 0.3) is 0 Å². The fraction of sp³-hybridized carbons (Fsp3) is 0.333. The summed E-state index contributed by atoms with van der Waals surface area (Å²) in [6.07, 6.45) is 0.560. The van der Waals surface area contributed by atoms with E-state index in [1.165, 1.54) is 13.2 Å². The Morgan fingerprint density at radius 3 is 2.79 bits per heavy atom. The van der Waals surface area contributed by atoms with Crippen LogP contribution in [0.1, 0.15) is 23.0 Å². The van der Waals surface area contributed by atoms with Crippen LogP contribution >= 0.6 is 11.6 Å². The van der Waals surface area contributed by atoms with Crippen molar-refractivity contribution < 1.29 is 14.3 Å². The van der Waals surface area contributed by atoms with Crippen molar-refractivity contribution in [3.05, 3.63) is 33.8 Å². The second-order valence-corrected chi connectivity index (χ2v) is 3.03. The topological polar surface area (TPSA) is 53.2 Å². The summed E-state index contributed by atoms with van der Waals surface area (Å²) in [5.74, 6) is -0.609. The third kappa shape index (κ3) is 1.80. The average molecular weight is 216 g/mol. The number of halogens is 1. The SMILES string of the molecule is CCc1ccc(C(=O)OC)c(Cl)[n+]1[O-]. The highest BCUT2D eigenvalue weighted by atomic mass is 35.5. The number of esters is 1. The maximum Gasteiger partial charge on any atom is 0.345 e. The molecule has 0 saturated carbocycles. The number of nitrogens with zero attached hydrogens (tertiary/aromatic N) is 1. The average Bonchev–Trinajstić information content (AvgIpc) is 2.21. The van der Waals surface area contributed by atoms with Crippen LogP contribution in [-0.2, 0) is 11.2 Å². The van der Waals surface area contributed by atoms with E-state index in [1.807, 2.05) is 6.92 Å². The number of carbonyl (C=O) groups excluding carboxylic acids is 1. The lowest BCUT2D eigenvalue weighted by molar-refractivity contribution is -0.611. The van der Waals surface area contributed by atoms with E-state index in [0.717, 1.165) is 0 Å². The van der Waals surface area contributed by atoms with Gasteiger partial charge in [-0.05, 0) is 17.7 Å². The zero-order chi connectivity index (χ0) is 10.7. The van der Waals surface area contributed by atoms with Crippen molar-refractivity contribution in [1.82, 2.24) is 0 Å². The summed E-state index contributed by atoms with van der Waals surface area (Å²) in [5.41, 5.74) is 0.601. The Balaban J connectivity index is 3.24. The molecule has 0 aromatic carbocycles. The van der Waals surface area contributed by atoms with E-state index in [1.54, 1.807) is 6.07 Å². The molecule has 0 radical (unpaired) electrons. The second kappa shape index (κ2) is 4.28. The maximum atomic E-state index is 11.4.